The van der Waals surface area contributed by atoms with E-state index < -0.39 is 12.2 Å². The Bertz CT molecular complexity index is 445. The predicted octanol–water partition coefficient (Wildman–Crippen LogP) is 1.79. The molecule has 1 rings (SSSR count). The summed E-state index contributed by atoms with van der Waals surface area (Å²) in [5, 5.41) is 8.44. The van der Waals surface area contributed by atoms with E-state index in [1.807, 2.05) is 32.0 Å². The van der Waals surface area contributed by atoms with Crippen LogP contribution in [-0.2, 0) is 11.3 Å². The van der Waals surface area contributed by atoms with Gasteiger partial charge in [0.1, 0.15) is 6.61 Å². The molecule has 0 atom stereocenters. The van der Waals surface area contributed by atoms with Gasteiger partial charge in [0, 0.05) is 0 Å². The summed E-state index contributed by atoms with van der Waals surface area (Å²) in [6, 6.07) is 5.65. The van der Waals surface area contributed by atoms with Crippen molar-refractivity contribution < 1.29 is 19.4 Å². The van der Waals surface area contributed by atoms with Crippen molar-refractivity contribution >= 4 is 12.2 Å². The Morgan fingerprint density at radius 1 is 1.41 bits per heavy atom. The molecule has 0 heterocycles. The number of ether oxygens (including phenoxy) is 1. The molecule has 0 aliphatic heterocycles. The van der Waals surface area contributed by atoms with Crippen molar-refractivity contribution in [1.82, 2.24) is 5.01 Å². The van der Waals surface area contributed by atoms with Gasteiger partial charge in [-0.05, 0) is 25.0 Å². The van der Waals surface area contributed by atoms with Gasteiger partial charge in [-0.1, -0.05) is 23.8 Å². The molecule has 3 N–H and O–H groups in total. The summed E-state index contributed by atoms with van der Waals surface area (Å²) < 4.78 is 4.75. The molecule has 0 aliphatic rings. The van der Waals surface area contributed by atoms with Crippen molar-refractivity contribution in [2.75, 3.05) is 0 Å². The minimum atomic E-state index is -1.56. The Balaban J connectivity index is 2.62. The molecule has 92 valence electrons. The Morgan fingerprint density at radius 2 is 2.06 bits per heavy atom. The van der Waals surface area contributed by atoms with Crippen LogP contribution in [0, 0.1) is 13.8 Å². The molecule has 0 spiro atoms. The molecule has 0 unspecified atom stereocenters. The normalized spacial score (nSPS) is 9.82. The first-order chi connectivity index (χ1) is 7.91. The number of nitrogens with zero attached hydrogens (tertiary/aromatic N) is 1. The van der Waals surface area contributed by atoms with Gasteiger partial charge in [-0.3, -0.25) is 0 Å². The summed E-state index contributed by atoms with van der Waals surface area (Å²) in [6.45, 7) is 3.83. The first kappa shape index (κ1) is 13.0. The fourth-order valence-corrected chi connectivity index (χ4v) is 1.29. The van der Waals surface area contributed by atoms with Crippen LogP contribution in [-0.4, -0.2) is 22.3 Å². The average Bonchev–Trinajstić information content (AvgIpc) is 2.26. The third-order valence-electron chi connectivity index (χ3n) is 2.25. The largest absolute Gasteiger partial charge is 0.464 e. The number of hydrogen-bond acceptors (Lipinski definition) is 4. The molecule has 17 heavy (non-hydrogen) atoms. The third-order valence-corrected chi connectivity index (χ3v) is 2.25. The number of carboxylic acid groups (broad SMARTS) is 1. The van der Waals surface area contributed by atoms with Gasteiger partial charge in [0.05, 0.1) is 0 Å². The maximum absolute atomic E-state index is 11.1. The summed E-state index contributed by atoms with van der Waals surface area (Å²) in [7, 11) is 0. The molecule has 2 amide bonds. The summed E-state index contributed by atoms with van der Waals surface area (Å²) in [5.74, 6) is 4.95. The van der Waals surface area contributed by atoms with Crippen molar-refractivity contribution in [1.29, 1.82) is 0 Å². The second-order valence-electron chi connectivity index (χ2n) is 3.64. The van der Waals surface area contributed by atoms with Crippen LogP contribution in [0.4, 0.5) is 9.59 Å². The number of nitrogens with two attached hydrogens (primary N) is 1. The molecule has 0 fully saturated rings. The first-order valence-corrected chi connectivity index (χ1v) is 4.92. The highest BCUT2D eigenvalue weighted by molar-refractivity contribution is 5.85. The number of amides is 2. The van der Waals surface area contributed by atoms with Crippen LogP contribution in [0.3, 0.4) is 0 Å². The van der Waals surface area contributed by atoms with Gasteiger partial charge >= 0.3 is 12.2 Å². The molecule has 0 bridgehead atoms. The van der Waals surface area contributed by atoms with Gasteiger partial charge in [0.2, 0.25) is 0 Å². The zero-order chi connectivity index (χ0) is 13.0. The quantitative estimate of drug-likeness (QED) is 0.465. The number of hydrazine groups is 1. The Hall–Kier alpha value is -2.08. The summed E-state index contributed by atoms with van der Waals surface area (Å²) in [4.78, 5) is 21.5. The molecule has 6 heteroatoms. The SMILES string of the molecule is Cc1ccc(COC(=O)N(N)C(=O)O)c(C)c1. The van der Waals surface area contributed by atoms with E-state index in [2.05, 4.69) is 0 Å². The number of carbonyl (C=O) groups is 2. The van der Waals surface area contributed by atoms with Gasteiger partial charge < -0.3 is 9.84 Å². The van der Waals surface area contributed by atoms with Gasteiger partial charge in [-0.25, -0.2) is 15.4 Å². The molecule has 0 aromatic heterocycles. The highest BCUT2D eigenvalue weighted by Crippen LogP contribution is 2.11. The highest BCUT2D eigenvalue weighted by Gasteiger charge is 2.17. The van der Waals surface area contributed by atoms with Crippen LogP contribution in [0.15, 0.2) is 18.2 Å². The van der Waals surface area contributed by atoms with Crippen molar-refractivity contribution in [3.05, 3.63) is 34.9 Å². The van der Waals surface area contributed by atoms with Crippen LogP contribution in [0.5, 0.6) is 0 Å². The highest BCUT2D eigenvalue weighted by atomic mass is 16.6. The van der Waals surface area contributed by atoms with E-state index in [0.29, 0.717) is 0 Å². The minimum absolute atomic E-state index is 0.00350. The number of benzene rings is 1. The van der Waals surface area contributed by atoms with Crippen molar-refractivity contribution in [2.24, 2.45) is 5.84 Å². The summed E-state index contributed by atoms with van der Waals surface area (Å²) in [6.07, 6.45) is -2.66. The summed E-state index contributed by atoms with van der Waals surface area (Å²) >= 11 is 0. The lowest BCUT2D eigenvalue weighted by atomic mass is 10.1. The second-order valence-corrected chi connectivity index (χ2v) is 3.64. The predicted molar refractivity (Wildman–Crippen MR) is 60.2 cm³/mol. The molecule has 0 saturated heterocycles. The number of hydrogen-bond donors (Lipinski definition) is 2. The van der Waals surface area contributed by atoms with E-state index in [4.69, 9.17) is 15.7 Å². The first-order valence-electron chi connectivity index (χ1n) is 4.92. The van der Waals surface area contributed by atoms with Crippen LogP contribution >= 0.6 is 0 Å². The van der Waals surface area contributed by atoms with Crippen molar-refractivity contribution in [3.63, 3.8) is 0 Å². The number of aryl methyl sites for hydroxylation is 2. The topological polar surface area (TPSA) is 92.9 Å². The molecule has 1 aromatic rings. The van der Waals surface area contributed by atoms with Gasteiger partial charge in [0.15, 0.2) is 0 Å². The fraction of sp³-hybridized carbons (Fsp3) is 0.273. The van der Waals surface area contributed by atoms with Gasteiger partial charge in [0.25, 0.3) is 0 Å². The Kier molecular flexibility index (Phi) is 4.06. The second kappa shape index (κ2) is 5.31. The molecule has 0 radical (unpaired) electrons. The van der Waals surface area contributed by atoms with Gasteiger partial charge in [-0.2, -0.15) is 0 Å². The number of rotatable bonds is 2. The van der Waals surface area contributed by atoms with E-state index in [0.717, 1.165) is 16.7 Å². The zero-order valence-corrected chi connectivity index (χ0v) is 9.64. The molecular weight excluding hydrogens is 224 g/mol. The van der Waals surface area contributed by atoms with E-state index in [-0.39, 0.29) is 11.6 Å². The maximum Gasteiger partial charge on any atom is 0.434 e. The van der Waals surface area contributed by atoms with E-state index >= 15 is 0 Å². The lowest BCUT2D eigenvalue weighted by molar-refractivity contribution is 0.0896. The Labute approximate surface area is 98.6 Å². The molecular formula is C11H14N2O4. The summed E-state index contributed by atoms with van der Waals surface area (Å²) in [5.41, 5.74) is 2.88. The number of carbonyl (C=O) groups excluding carboxylic acids is 1. The van der Waals surface area contributed by atoms with E-state index in [1.54, 1.807) is 0 Å². The molecule has 0 aliphatic carbocycles. The van der Waals surface area contributed by atoms with Crippen LogP contribution in [0.1, 0.15) is 16.7 Å². The third kappa shape index (κ3) is 3.46. The Morgan fingerprint density at radius 3 is 2.59 bits per heavy atom. The zero-order valence-electron chi connectivity index (χ0n) is 9.64. The maximum atomic E-state index is 11.1. The fourth-order valence-electron chi connectivity index (χ4n) is 1.29. The minimum Gasteiger partial charge on any atom is -0.464 e. The lowest BCUT2D eigenvalue weighted by Crippen LogP contribution is -2.41. The van der Waals surface area contributed by atoms with Crippen LogP contribution in [0.2, 0.25) is 0 Å². The number of imide groups is 1. The van der Waals surface area contributed by atoms with Crippen LogP contribution < -0.4 is 5.84 Å². The van der Waals surface area contributed by atoms with Crippen molar-refractivity contribution in [2.45, 2.75) is 20.5 Å². The standard InChI is InChI=1S/C11H14N2O4/c1-7-3-4-9(8(2)5-7)6-17-11(16)13(12)10(14)15/h3-5H,6,12H2,1-2H3,(H,14,15). The van der Waals surface area contributed by atoms with Crippen LogP contribution in [0.25, 0.3) is 0 Å². The van der Waals surface area contributed by atoms with E-state index in [9.17, 15) is 9.59 Å². The molecule has 6 nitrogen and oxygen atoms in total. The van der Waals surface area contributed by atoms with E-state index in [1.165, 1.54) is 0 Å². The van der Waals surface area contributed by atoms with Gasteiger partial charge in [-0.15, -0.1) is 5.01 Å². The monoisotopic (exact) mass is 238 g/mol. The lowest BCUT2D eigenvalue weighted by Gasteiger charge is -2.12. The van der Waals surface area contributed by atoms with Crippen molar-refractivity contribution in [3.8, 4) is 0 Å². The smallest absolute Gasteiger partial charge is 0.434 e. The molecule has 0 saturated carbocycles. The average molecular weight is 238 g/mol. The molecule has 1 aromatic carbocycles.